The summed E-state index contributed by atoms with van der Waals surface area (Å²) in [5.41, 5.74) is 1.64. The lowest BCUT2D eigenvalue weighted by molar-refractivity contribution is 0.0730. The summed E-state index contributed by atoms with van der Waals surface area (Å²) in [5.74, 6) is -1.12. The minimum Gasteiger partial charge on any atom is -0.379 e. The Morgan fingerprint density at radius 2 is 1.90 bits per heavy atom. The predicted molar refractivity (Wildman–Crippen MR) is 111 cm³/mol. The third-order valence-electron chi connectivity index (χ3n) is 4.89. The van der Waals surface area contributed by atoms with Crippen LogP contribution in [0.5, 0.6) is 0 Å². The monoisotopic (exact) mass is 445 g/mol. The van der Waals surface area contributed by atoms with E-state index in [1.165, 1.54) is 34.6 Å². The van der Waals surface area contributed by atoms with Gasteiger partial charge in [-0.15, -0.1) is 0 Å². The van der Waals surface area contributed by atoms with E-state index >= 15 is 0 Å². The van der Waals surface area contributed by atoms with E-state index in [2.05, 4.69) is 10.5 Å². The van der Waals surface area contributed by atoms with Crippen LogP contribution in [0.15, 0.2) is 57.9 Å². The number of anilines is 1. The number of rotatable bonds is 5. The van der Waals surface area contributed by atoms with Crippen molar-refractivity contribution < 1.29 is 26.9 Å². The molecule has 1 amide bonds. The Kier molecular flexibility index (Phi) is 5.86. The van der Waals surface area contributed by atoms with E-state index in [1.807, 2.05) is 0 Å². The first kappa shape index (κ1) is 21.2. The van der Waals surface area contributed by atoms with E-state index in [-0.39, 0.29) is 23.7 Å². The van der Waals surface area contributed by atoms with Crippen LogP contribution in [0.3, 0.4) is 0 Å². The molecule has 4 rings (SSSR count). The van der Waals surface area contributed by atoms with Crippen molar-refractivity contribution in [3.63, 3.8) is 0 Å². The zero-order valence-electron chi connectivity index (χ0n) is 16.7. The molecule has 8 nitrogen and oxygen atoms in total. The van der Waals surface area contributed by atoms with Crippen molar-refractivity contribution in [1.82, 2.24) is 9.46 Å². The molecular formula is C21H20FN3O5S. The Bertz CT molecular complexity index is 1220. The van der Waals surface area contributed by atoms with Gasteiger partial charge in [0.25, 0.3) is 5.91 Å². The molecule has 1 aromatic heterocycles. The number of ether oxygens (including phenoxy) is 1. The lowest BCUT2D eigenvalue weighted by Gasteiger charge is -2.26. The highest BCUT2D eigenvalue weighted by molar-refractivity contribution is 7.89. The summed E-state index contributed by atoms with van der Waals surface area (Å²) in [6, 6.07) is 11.8. The third-order valence-corrected chi connectivity index (χ3v) is 6.93. The average Bonchev–Trinajstić information content (AvgIpc) is 3.26. The molecule has 0 bridgehead atoms. The van der Waals surface area contributed by atoms with Crippen LogP contribution in [0.2, 0.25) is 0 Å². The highest BCUT2D eigenvalue weighted by atomic mass is 32.2. The lowest BCUT2D eigenvalue weighted by atomic mass is 10.1. The number of hydrogen-bond acceptors (Lipinski definition) is 6. The van der Waals surface area contributed by atoms with E-state index < -0.39 is 21.7 Å². The summed E-state index contributed by atoms with van der Waals surface area (Å²) in [5, 5.41) is 6.43. The summed E-state index contributed by atoms with van der Waals surface area (Å²) < 4.78 is 51.1. The predicted octanol–water partition coefficient (Wildman–Crippen LogP) is 3.06. The van der Waals surface area contributed by atoms with Crippen LogP contribution in [0.25, 0.3) is 11.3 Å². The van der Waals surface area contributed by atoms with E-state index in [0.29, 0.717) is 35.7 Å². The highest BCUT2D eigenvalue weighted by Gasteiger charge is 2.28. The summed E-state index contributed by atoms with van der Waals surface area (Å²) in [6.07, 6.45) is 0. The number of nitrogens with zero attached hydrogens (tertiary/aromatic N) is 2. The molecule has 0 aliphatic carbocycles. The molecule has 162 valence electrons. The summed E-state index contributed by atoms with van der Waals surface area (Å²) in [7, 11) is -3.72. The van der Waals surface area contributed by atoms with Crippen LogP contribution >= 0.6 is 0 Å². The molecule has 2 heterocycles. The van der Waals surface area contributed by atoms with Gasteiger partial charge in [0, 0.05) is 30.4 Å². The number of aromatic nitrogens is 1. The standard InChI is InChI=1S/C21H20FN3O5S/c1-14-5-6-17(12-20(14)31(27,28)25-7-9-29-10-8-25)23-21(26)19-13-18(24-30-19)15-3-2-4-16(22)11-15/h2-6,11-13H,7-10H2,1H3,(H,23,26). The van der Waals surface area contributed by atoms with Gasteiger partial charge in [0.2, 0.25) is 15.8 Å². The Morgan fingerprint density at radius 1 is 1.13 bits per heavy atom. The number of benzene rings is 2. The van der Waals surface area contributed by atoms with Crippen LogP contribution < -0.4 is 5.32 Å². The maximum absolute atomic E-state index is 13.4. The fraction of sp³-hybridized carbons (Fsp3) is 0.238. The molecule has 1 fully saturated rings. The minimum atomic E-state index is -3.72. The number of sulfonamides is 1. The third kappa shape index (κ3) is 4.50. The summed E-state index contributed by atoms with van der Waals surface area (Å²) in [6.45, 7) is 2.93. The number of nitrogens with one attached hydrogen (secondary N) is 1. The number of halogens is 1. The van der Waals surface area contributed by atoms with E-state index in [0.717, 1.165) is 0 Å². The SMILES string of the molecule is Cc1ccc(NC(=O)c2cc(-c3cccc(F)c3)no2)cc1S(=O)(=O)N1CCOCC1. The normalized spacial score (nSPS) is 15.0. The van der Waals surface area contributed by atoms with E-state index in [1.54, 1.807) is 25.1 Å². The molecule has 1 N–H and O–H groups in total. The van der Waals surface area contributed by atoms with Gasteiger partial charge in [-0.3, -0.25) is 4.79 Å². The van der Waals surface area contributed by atoms with Crippen LogP contribution in [0, 0.1) is 12.7 Å². The quantitative estimate of drug-likeness (QED) is 0.648. The smallest absolute Gasteiger partial charge is 0.294 e. The van der Waals surface area contributed by atoms with Gasteiger partial charge in [-0.1, -0.05) is 23.4 Å². The van der Waals surface area contributed by atoms with Crippen molar-refractivity contribution in [2.24, 2.45) is 0 Å². The van der Waals surface area contributed by atoms with Crippen molar-refractivity contribution in [2.75, 3.05) is 31.6 Å². The number of carbonyl (C=O) groups excluding carboxylic acids is 1. The molecule has 10 heteroatoms. The first-order chi connectivity index (χ1) is 14.8. The van der Waals surface area contributed by atoms with Crippen molar-refractivity contribution in [3.05, 3.63) is 65.7 Å². The number of amides is 1. The molecule has 3 aromatic rings. The molecule has 0 saturated carbocycles. The van der Waals surface area contributed by atoms with Gasteiger partial charge in [0.1, 0.15) is 11.5 Å². The van der Waals surface area contributed by atoms with Gasteiger partial charge in [-0.25, -0.2) is 12.8 Å². The van der Waals surface area contributed by atoms with Gasteiger partial charge in [0.05, 0.1) is 18.1 Å². The van der Waals surface area contributed by atoms with Gasteiger partial charge >= 0.3 is 0 Å². The van der Waals surface area contributed by atoms with E-state index in [9.17, 15) is 17.6 Å². The number of carbonyl (C=O) groups is 1. The maximum atomic E-state index is 13.4. The highest BCUT2D eigenvalue weighted by Crippen LogP contribution is 2.25. The first-order valence-electron chi connectivity index (χ1n) is 9.57. The van der Waals surface area contributed by atoms with Crippen molar-refractivity contribution in [2.45, 2.75) is 11.8 Å². The van der Waals surface area contributed by atoms with Crippen molar-refractivity contribution in [1.29, 1.82) is 0 Å². The second kappa shape index (κ2) is 8.58. The fourth-order valence-electron chi connectivity index (χ4n) is 3.24. The molecule has 1 aliphatic rings. The summed E-state index contributed by atoms with van der Waals surface area (Å²) in [4.78, 5) is 12.7. The fourth-order valence-corrected chi connectivity index (χ4v) is 4.90. The minimum absolute atomic E-state index is 0.0857. The molecule has 0 radical (unpaired) electrons. The number of hydrogen-bond donors (Lipinski definition) is 1. The van der Waals surface area contributed by atoms with Gasteiger partial charge in [0.15, 0.2) is 0 Å². The molecule has 0 atom stereocenters. The largest absolute Gasteiger partial charge is 0.379 e. The van der Waals surface area contributed by atoms with Crippen LogP contribution in [0.4, 0.5) is 10.1 Å². The molecule has 0 unspecified atom stereocenters. The Morgan fingerprint density at radius 3 is 2.65 bits per heavy atom. The lowest BCUT2D eigenvalue weighted by Crippen LogP contribution is -2.40. The van der Waals surface area contributed by atoms with Crippen molar-refractivity contribution >= 4 is 21.6 Å². The van der Waals surface area contributed by atoms with Gasteiger partial charge in [-0.2, -0.15) is 4.31 Å². The Labute approximate surface area is 178 Å². The number of morpholine rings is 1. The van der Waals surface area contributed by atoms with Crippen LogP contribution in [-0.2, 0) is 14.8 Å². The number of aryl methyl sites for hydroxylation is 1. The Hall–Kier alpha value is -3.08. The summed E-state index contributed by atoms with van der Waals surface area (Å²) >= 11 is 0. The van der Waals surface area contributed by atoms with Gasteiger partial charge < -0.3 is 14.6 Å². The zero-order valence-corrected chi connectivity index (χ0v) is 17.5. The molecule has 0 spiro atoms. The molecule has 31 heavy (non-hydrogen) atoms. The molecule has 1 saturated heterocycles. The molecular weight excluding hydrogens is 425 g/mol. The molecule has 2 aromatic carbocycles. The zero-order chi connectivity index (χ0) is 22.0. The van der Waals surface area contributed by atoms with Gasteiger partial charge in [-0.05, 0) is 36.8 Å². The van der Waals surface area contributed by atoms with Crippen molar-refractivity contribution in [3.8, 4) is 11.3 Å². The average molecular weight is 445 g/mol. The molecule has 1 aliphatic heterocycles. The maximum Gasteiger partial charge on any atom is 0.294 e. The Balaban J connectivity index is 1.55. The topological polar surface area (TPSA) is 102 Å². The van der Waals surface area contributed by atoms with Crippen LogP contribution in [0.1, 0.15) is 16.1 Å². The van der Waals surface area contributed by atoms with E-state index in [4.69, 9.17) is 9.26 Å². The van der Waals surface area contributed by atoms with Crippen LogP contribution in [-0.4, -0.2) is 50.1 Å². The first-order valence-corrected chi connectivity index (χ1v) is 11.0. The second-order valence-corrected chi connectivity index (χ2v) is 8.94. The second-order valence-electron chi connectivity index (χ2n) is 7.04.